The van der Waals surface area contributed by atoms with Crippen LogP contribution in [0.1, 0.15) is 40.5 Å². The molecule has 4 atom stereocenters. The maximum Gasteiger partial charge on any atom is 0.237 e. The Morgan fingerprint density at radius 3 is 2.19 bits per heavy atom. The van der Waals surface area contributed by atoms with E-state index in [-0.39, 0.29) is 24.3 Å². The van der Waals surface area contributed by atoms with Gasteiger partial charge < -0.3 is 16.2 Å². The van der Waals surface area contributed by atoms with Gasteiger partial charge in [-0.25, -0.2) is 0 Å². The Labute approximate surface area is 98.6 Å². The molecule has 0 bridgehead atoms. The number of aliphatic hydroxyl groups excluding tert-OH is 1. The molecule has 0 aromatic heterocycles. The second-order valence-corrected chi connectivity index (χ2v) is 4.61. The highest BCUT2D eigenvalue weighted by molar-refractivity contribution is 5.81. The predicted molar refractivity (Wildman–Crippen MR) is 65.9 cm³/mol. The number of nitrogens with two attached hydrogens (primary N) is 1. The molecule has 96 valence electrons. The Morgan fingerprint density at radius 1 is 1.25 bits per heavy atom. The molecule has 0 spiro atoms. The van der Waals surface area contributed by atoms with Gasteiger partial charge in [0.2, 0.25) is 5.91 Å². The Morgan fingerprint density at radius 2 is 1.75 bits per heavy atom. The summed E-state index contributed by atoms with van der Waals surface area (Å²) in [6.07, 6.45) is 1.29. The quantitative estimate of drug-likeness (QED) is 0.608. The molecular formula is C12H26N2O2. The van der Waals surface area contributed by atoms with Crippen LogP contribution in [0.25, 0.3) is 0 Å². The Balaban J connectivity index is 3.97. The van der Waals surface area contributed by atoms with E-state index < -0.39 is 12.1 Å². The Bertz CT molecular complexity index is 209. The fraction of sp³-hybridized carbons (Fsp3) is 0.917. The molecule has 0 fully saturated rings. The van der Waals surface area contributed by atoms with E-state index in [9.17, 15) is 9.90 Å². The summed E-state index contributed by atoms with van der Waals surface area (Å²) >= 11 is 0. The van der Waals surface area contributed by atoms with Gasteiger partial charge in [0.25, 0.3) is 0 Å². The van der Waals surface area contributed by atoms with Crippen LogP contribution in [-0.2, 0) is 4.79 Å². The van der Waals surface area contributed by atoms with Crippen LogP contribution in [0.5, 0.6) is 0 Å². The monoisotopic (exact) mass is 230 g/mol. The summed E-state index contributed by atoms with van der Waals surface area (Å²) in [5, 5.41) is 12.4. The third kappa shape index (κ3) is 4.94. The smallest absolute Gasteiger partial charge is 0.237 e. The van der Waals surface area contributed by atoms with Crippen molar-refractivity contribution in [2.75, 3.05) is 6.54 Å². The van der Waals surface area contributed by atoms with Gasteiger partial charge in [0, 0.05) is 6.54 Å². The number of hydrogen-bond acceptors (Lipinski definition) is 3. The summed E-state index contributed by atoms with van der Waals surface area (Å²) in [5.41, 5.74) is 5.77. The lowest BCUT2D eigenvalue weighted by atomic mass is 9.98. The number of carbonyl (C=O) groups excluding carboxylic acids is 1. The first kappa shape index (κ1) is 15.4. The SMILES string of the molecule is CCC(C)C(O)CNC(=O)C(N)C(C)CC. The molecule has 0 radical (unpaired) electrons. The van der Waals surface area contributed by atoms with Crippen molar-refractivity contribution in [1.82, 2.24) is 5.32 Å². The molecule has 4 nitrogen and oxygen atoms in total. The molecular weight excluding hydrogens is 204 g/mol. The number of amides is 1. The molecule has 0 aromatic rings. The summed E-state index contributed by atoms with van der Waals surface area (Å²) in [5.74, 6) is 0.192. The fourth-order valence-electron chi connectivity index (χ4n) is 1.31. The number of nitrogens with one attached hydrogen (secondary N) is 1. The average molecular weight is 230 g/mol. The van der Waals surface area contributed by atoms with E-state index in [1.54, 1.807) is 0 Å². The third-order valence-electron chi connectivity index (χ3n) is 3.35. The molecule has 4 heteroatoms. The first-order chi connectivity index (χ1) is 7.43. The molecule has 0 aliphatic heterocycles. The minimum atomic E-state index is -0.488. The first-order valence-corrected chi connectivity index (χ1v) is 6.15. The largest absolute Gasteiger partial charge is 0.391 e. The van der Waals surface area contributed by atoms with Gasteiger partial charge in [-0.05, 0) is 11.8 Å². The highest BCUT2D eigenvalue weighted by Crippen LogP contribution is 2.07. The summed E-state index contributed by atoms with van der Waals surface area (Å²) < 4.78 is 0. The molecule has 0 heterocycles. The average Bonchev–Trinajstić information content (AvgIpc) is 2.32. The molecule has 0 aliphatic carbocycles. The molecule has 1 amide bonds. The van der Waals surface area contributed by atoms with Crippen molar-refractivity contribution < 1.29 is 9.90 Å². The van der Waals surface area contributed by atoms with Crippen LogP contribution < -0.4 is 11.1 Å². The highest BCUT2D eigenvalue weighted by Gasteiger charge is 2.20. The maximum absolute atomic E-state index is 11.6. The maximum atomic E-state index is 11.6. The van der Waals surface area contributed by atoms with Gasteiger partial charge in [-0.2, -0.15) is 0 Å². The fourth-order valence-corrected chi connectivity index (χ4v) is 1.31. The van der Waals surface area contributed by atoms with Crippen molar-refractivity contribution in [2.45, 2.75) is 52.7 Å². The summed E-state index contributed by atoms with van der Waals surface area (Å²) in [6.45, 7) is 8.23. The van der Waals surface area contributed by atoms with Crippen LogP contribution in [-0.4, -0.2) is 29.7 Å². The standard InChI is InChI=1S/C12H26N2O2/c1-5-8(3)10(15)7-14-12(16)11(13)9(4)6-2/h8-11,15H,5-7,13H2,1-4H3,(H,14,16). The molecule has 0 saturated carbocycles. The number of carbonyl (C=O) groups is 1. The van der Waals surface area contributed by atoms with Crippen molar-refractivity contribution in [3.8, 4) is 0 Å². The van der Waals surface area contributed by atoms with Crippen LogP contribution >= 0.6 is 0 Å². The lowest BCUT2D eigenvalue weighted by Crippen LogP contribution is -2.47. The van der Waals surface area contributed by atoms with Crippen LogP contribution in [0.4, 0.5) is 0 Å². The lowest BCUT2D eigenvalue weighted by molar-refractivity contribution is -0.124. The highest BCUT2D eigenvalue weighted by atomic mass is 16.3. The van der Waals surface area contributed by atoms with E-state index in [0.717, 1.165) is 12.8 Å². The summed E-state index contributed by atoms with van der Waals surface area (Å²) in [7, 11) is 0. The van der Waals surface area contributed by atoms with E-state index in [1.165, 1.54) is 0 Å². The van der Waals surface area contributed by atoms with Crippen molar-refractivity contribution in [3.63, 3.8) is 0 Å². The minimum Gasteiger partial charge on any atom is -0.391 e. The van der Waals surface area contributed by atoms with Gasteiger partial charge >= 0.3 is 0 Å². The zero-order valence-corrected chi connectivity index (χ0v) is 10.9. The third-order valence-corrected chi connectivity index (χ3v) is 3.35. The van der Waals surface area contributed by atoms with Crippen molar-refractivity contribution >= 4 is 5.91 Å². The molecule has 0 saturated heterocycles. The van der Waals surface area contributed by atoms with Gasteiger partial charge in [-0.3, -0.25) is 4.79 Å². The minimum absolute atomic E-state index is 0.167. The molecule has 16 heavy (non-hydrogen) atoms. The van der Waals surface area contributed by atoms with Crippen LogP contribution in [0.3, 0.4) is 0 Å². The summed E-state index contributed by atoms with van der Waals surface area (Å²) in [4.78, 5) is 11.6. The molecule has 0 rings (SSSR count). The molecule has 0 aromatic carbocycles. The zero-order valence-electron chi connectivity index (χ0n) is 10.9. The first-order valence-electron chi connectivity index (χ1n) is 6.15. The second kappa shape index (κ2) is 7.63. The Hall–Kier alpha value is -0.610. The number of hydrogen-bond donors (Lipinski definition) is 3. The van der Waals surface area contributed by atoms with Gasteiger partial charge in [0.1, 0.15) is 0 Å². The van der Waals surface area contributed by atoms with Gasteiger partial charge in [0.15, 0.2) is 0 Å². The van der Waals surface area contributed by atoms with Gasteiger partial charge in [-0.15, -0.1) is 0 Å². The zero-order chi connectivity index (χ0) is 12.7. The number of aliphatic hydroxyl groups is 1. The van der Waals surface area contributed by atoms with E-state index in [4.69, 9.17) is 5.73 Å². The van der Waals surface area contributed by atoms with Gasteiger partial charge in [0.05, 0.1) is 12.1 Å². The molecule has 4 unspecified atom stereocenters. The van der Waals surface area contributed by atoms with Crippen molar-refractivity contribution in [2.24, 2.45) is 17.6 Å². The summed E-state index contributed by atoms with van der Waals surface area (Å²) in [6, 6.07) is -0.478. The van der Waals surface area contributed by atoms with E-state index in [2.05, 4.69) is 5.32 Å². The van der Waals surface area contributed by atoms with E-state index in [0.29, 0.717) is 0 Å². The van der Waals surface area contributed by atoms with Crippen molar-refractivity contribution in [3.05, 3.63) is 0 Å². The van der Waals surface area contributed by atoms with Crippen LogP contribution in [0.15, 0.2) is 0 Å². The van der Waals surface area contributed by atoms with Gasteiger partial charge in [-0.1, -0.05) is 40.5 Å². The van der Waals surface area contributed by atoms with Crippen molar-refractivity contribution in [1.29, 1.82) is 0 Å². The van der Waals surface area contributed by atoms with E-state index in [1.807, 2.05) is 27.7 Å². The van der Waals surface area contributed by atoms with Crippen LogP contribution in [0.2, 0.25) is 0 Å². The second-order valence-electron chi connectivity index (χ2n) is 4.61. The van der Waals surface area contributed by atoms with Crippen LogP contribution in [0, 0.1) is 11.8 Å². The lowest BCUT2D eigenvalue weighted by Gasteiger charge is -2.21. The molecule has 4 N–H and O–H groups in total. The number of rotatable bonds is 7. The predicted octanol–water partition coefficient (Wildman–Crippen LogP) is 0.883. The molecule has 0 aliphatic rings. The normalized spacial score (nSPS) is 18.6. The topological polar surface area (TPSA) is 75.3 Å². The van der Waals surface area contributed by atoms with E-state index >= 15 is 0 Å². The Kier molecular flexibility index (Phi) is 7.34.